The molecule has 1 fully saturated rings. The molecule has 0 aliphatic carbocycles. The van der Waals surface area contributed by atoms with Gasteiger partial charge in [-0.1, -0.05) is 12.1 Å². The molecule has 0 saturated carbocycles. The maximum atomic E-state index is 12.9. The first-order chi connectivity index (χ1) is 11.6. The molecule has 1 aromatic carbocycles. The lowest BCUT2D eigenvalue weighted by molar-refractivity contribution is -0.122. The first kappa shape index (κ1) is 16.6. The van der Waals surface area contributed by atoms with E-state index < -0.39 is 0 Å². The second kappa shape index (κ2) is 7.57. The third-order valence-corrected chi connectivity index (χ3v) is 4.39. The Morgan fingerprint density at radius 1 is 1.42 bits per heavy atom. The van der Waals surface area contributed by atoms with Crippen LogP contribution in [0.1, 0.15) is 36.6 Å². The fourth-order valence-corrected chi connectivity index (χ4v) is 3.02. The van der Waals surface area contributed by atoms with Gasteiger partial charge < -0.3 is 14.6 Å². The average molecular weight is 331 g/mol. The number of amides is 1. The van der Waals surface area contributed by atoms with Gasteiger partial charge in [0.1, 0.15) is 11.9 Å². The number of nitrogens with zero attached hydrogens (tertiary/aromatic N) is 2. The predicted octanol–water partition coefficient (Wildman–Crippen LogP) is 2.53. The number of aromatic nitrogens is 2. The molecular weight excluding hydrogens is 309 g/mol. The van der Waals surface area contributed by atoms with Crippen molar-refractivity contribution in [3.63, 3.8) is 0 Å². The summed E-state index contributed by atoms with van der Waals surface area (Å²) in [6.07, 6.45) is 6.11. The number of aryl methyl sites for hydroxylation is 2. The van der Waals surface area contributed by atoms with E-state index >= 15 is 0 Å². The predicted molar refractivity (Wildman–Crippen MR) is 87.8 cm³/mol. The number of carbonyl (C=O) groups is 1. The molecule has 2 heterocycles. The topological polar surface area (TPSA) is 56.2 Å². The van der Waals surface area contributed by atoms with E-state index in [-0.39, 0.29) is 23.9 Å². The minimum Gasteiger partial charge on any atom is -0.372 e. The van der Waals surface area contributed by atoms with Crippen LogP contribution in [-0.2, 0) is 23.0 Å². The monoisotopic (exact) mass is 331 g/mol. The maximum absolute atomic E-state index is 12.9. The van der Waals surface area contributed by atoms with Crippen molar-refractivity contribution in [1.82, 2.24) is 14.9 Å². The third-order valence-electron chi connectivity index (χ3n) is 4.39. The van der Waals surface area contributed by atoms with Crippen LogP contribution in [0, 0.1) is 5.82 Å². The lowest BCUT2D eigenvalue weighted by Gasteiger charge is -2.30. The van der Waals surface area contributed by atoms with Gasteiger partial charge in [-0.05, 0) is 37.0 Å². The molecule has 2 atom stereocenters. The highest BCUT2D eigenvalue weighted by Gasteiger charge is 2.26. The van der Waals surface area contributed by atoms with Crippen LogP contribution >= 0.6 is 0 Å². The number of hydrogen-bond donors (Lipinski definition) is 1. The molecule has 1 amide bonds. The average Bonchev–Trinajstić information content (AvgIpc) is 3.01. The van der Waals surface area contributed by atoms with Crippen LogP contribution in [-0.4, -0.2) is 28.1 Å². The standard InChI is InChI=1S/C18H22FN3O2/c1-22-12-20-11-16(22)17-10-15(8-9-24-17)21-18(23)7-4-13-2-5-14(19)6-3-13/h2-3,5-6,11-12,15,17H,4,7-10H2,1H3,(H,21,23)/t15-,17-/m1/s1. The van der Waals surface area contributed by atoms with E-state index in [1.54, 1.807) is 18.5 Å². The zero-order valence-corrected chi connectivity index (χ0v) is 13.7. The van der Waals surface area contributed by atoms with Crippen molar-refractivity contribution in [2.24, 2.45) is 7.05 Å². The molecule has 24 heavy (non-hydrogen) atoms. The van der Waals surface area contributed by atoms with E-state index in [0.29, 0.717) is 19.4 Å². The molecule has 0 spiro atoms. The SMILES string of the molecule is Cn1cncc1[C@H]1C[C@H](NC(=O)CCc2ccc(F)cc2)CCO1. The molecule has 1 aromatic heterocycles. The van der Waals surface area contributed by atoms with E-state index in [2.05, 4.69) is 10.3 Å². The normalized spacial score (nSPS) is 20.8. The summed E-state index contributed by atoms with van der Waals surface area (Å²) in [4.78, 5) is 16.3. The van der Waals surface area contributed by atoms with E-state index in [9.17, 15) is 9.18 Å². The molecule has 1 aliphatic heterocycles. The molecular formula is C18H22FN3O2. The number of imidazole rings is 1. The molecule has 5 nitrogen and oxygen atoms in total. The fourth-order valence-electron chi connectivity index (χ4n) is 3.02. The van der Waals surface area contributed by atoms with Crippen LogP contribution in [0.2, 0.25) is 0 Å². The molecule has 0 radical (unpaired) electrons. The Hall–Kier alpha value is -2.21. The van der Waals surface area contributed by atoms with Gasteiger partial charge in [0.25, 0.3) is 0 Å². The maximum Gasteiger partial charge on any atom is 0.220 e. The Morgan fingerprint density at radius 2 is 2.21 bits per heavy atom. The summed E-state index contributed by atoms with van der Waals surface area (Å²) in [5, 5.41) is 3.09. The molecule has 0 bridgehead atoms. The summed E-state index contributed by atoms with van der Waals surface area (Å²) in [6, 6.07) is 6.39. The van der Waals surface area contributed by atoms with Gasteiger partial charge in [0.15, 0.2) is 0 Å². The summed E-state index contributed by atoms with van der Waals surface area (Å²) in [7, 11) is 1.94. The third kappa shape index (κ3) is 4.20. The van der Waals surface area contributed by atoms with Gasteiger partial charge in [-0.15, -0.1) is 0 Å². The molecule has 1 saturated heterocycles. The van der Waals surface area contributed by atoms with Gasteiger partial charge in [0.2, 0.25) is 5.91 Å². The van der Waals surface area contributed by atoms with Crippen LogP contribution in [0.5, 0.6) is 0 Å². The number of carbonyl (C=O) groups excluding carboxylic acids is 1. The molecule has 1 aliphatic rings. The van der Waals surface area contributed by atoms with Crippen molar-refractivity contribution >= 4 is 5.91 Å². The van der Waals surface area contributed by atoms with Crippen LogP contribution in [0.4, 0.5) is 4.39 Å². The highest BCUT2D eigenvalue weighted by Crippen LogP contribution is 2.27. The first-order valence-electron chi connectivity index (χ1n) is 8.23. The smallest absolute Gasteiger partial charge is 0.220 e. The largest absolute Gasteiger partial charge is 0.372 e. The van der Waals surface area contributed by atoms with Crippen molar-refractivity contribution in [2.75, 3.05) is 6.61 Å². The van der Waals surface area contributed by atoms with E-state index in [0.717, 1.165) is 24.1 Å². The Bertz CT molecular complexity index is 684. The summed E-state index contributed by atoms with van der Waals surface area (Å²) in [5.41, 5.74) is 1.99. The fraction of sp³-hybridized carbons (Fsp3) is 0.444. The number of rotatable bonds is 5. The zero-order chi connectivity index (χ0) is 16.9. The quantitative estimate of drug-likeness (QED) is 0.916. The van der Waals surface area contributed by atoms with Crippen molar-refractivity contribution in [2.45, 2.75) is 37.8 Å². The minimum atomic E-state index is -0.258. The van der Waals surface area contributed by atoms with Gasteiger partial charge in [0.05, 0.1) is 18.2 Å². The van der Waals surface area contributed by atoms with Crippen LogP contribution in [0.15, 0.2) is 36.8 Å². The summed E-state index contributed by atoms with van der Waals surface area (Å²) >= 11 is 0. The number of hydrogen-bond acceptors (Lipinski definition) is 3. The van der Waals surface area contributed by atoms with Gasteiger partial charge in [0, 0.05) is 26.1 Å². The van der Waals surface area contributed by atoms with Crippen LogP contribution in [0.3, 0.4) is 0 Å². The van der Waals surface area contributed by atoms with Crippen molar-refractivity contribution in [3.05, 3.63) is 53.9 Å². The Balaban J connectivity index is 1.49. The van der Waals surface area contributed by atoms with Crippen molar-refractivity contribution < 1.29 is 13.9 Å². The lowest BCUT2D eigenvalue weighted by atomic mass is 10.0. The van der Waals surface area contributed by atoms with Gasteiger partial charge in [-0.3, -0.25) is 4.79 Å². The molecule has 0 unspecified atom stereocenters. The van der Waals surface area contributed by atoms with E-state index in [1.807, 2.05) is 17.8 Å². The summed E-state index contributed by atoms with van der Waals surface area (Å²) < 4.78 is 20.6. The molecule has 1 N–H and O–H groups in total. The van der Waals surface area contributed by atoms with Crippen molar-refractivity contribution in [3.8, 4) is 0 Å². The second-order valence-corrected chi connectivity index (χ2v) is 6.20. The molecule has 128 valence electrons. The van der Waals surface area contributed by atoms with Crippen LogP contribution in [0.25, 0.3) is 0 Å². The van der Waals surface area contributed by atoms with Crippen LogP contribution < -0.4 is 5.32 Å². The highest BCUT2D eigenvalue weighted by molar-refractivity contribution is 5.76. The molecule has 6 heteroatoms. The Kier molecular flexibility index (Phi) is 5.25. The molecule has 3 rings (SSSR count). The number of halogens is 1. The van der Waals surface area contributed by atoms with Gasteiger partial charge >= 0.3 is 0 Å². The van der Waals surface area contributed by atoms with Gasteiger partial charge in [-0.25, -0.2) is 9.37 Å². The van der Waals surface area contributed by atoms with Gasteiger partial charge in [-0.2, -0.15) is 0 Å². The number of benzene rings is 1. The molecule has 2 aromatic rings. The van der Waals surface area contributed by atoms with Crippen molar-refractivity contribution in [1.29, 1.82) is 0 Å². The minimum absolute atomic E-state index is 0.0231. The Labute approximate surface area is 140 Å². The number of ether oxygens (including phenoxy) is 1. The zero-order valence-electron chi connectivity index (χ0n) is 13.7. The van der Waals surface area contributed by atoms with E-state index in [1.165, 1.54) is 12.1 Å². The first-order valence-corrected chi connectivity index (χ1v) is 8.23. The highest BCUT2D eigenvalue weighted by atomic mass is 19.1. The lowest BCUT2D eigenvalue weighted by Crippen LogP contribution is -2.40. The summed E-state index contributed by atoms with van der Waals surface area (Å²) in [5.74, 6) is -0.235. The number of nitrogens with one attached hydrogen (secondary N) is 1. The summed E-state index contributed by atoms with van der Waals surface area (Å²) in [6.45, 7) is 0.624. The van der Waals surface area contributed by atoms with E-state index in [4.69, 9.17) is 4.74 Å². The second-order valence-electron chi connectivity index (χ2n) is 6.20. The Morgan fingerprint density at radius 3 is 2.92 bits per heavy atom.